The molecule has 2 aromatic rings. The van der Waals surface area contributed by atoms with Crippen LogP contribution in [0.4, 0.5) is 8.78 Å². The Morgan fingerprint density at radius 3 is 2.40 bits per heavy atom. The maximum Gasteiger partial charge on any atom is 0.146 e. The van der Waals surface area contributed by atoms with E-state index in [1.54, 1.807) is 30.3 Å². The SMILES string of the molecule is COCC(O)(c1ccccc1)c1c(F)ccc(Br)c1F. The number of hydrogen-bond donors (Lipinski definition) is 1. The predicted molar refractivity (Wildman–Crippen MR) is 75.4 cm³/mol. The topological polar surface area (TPSA) is 29.5 Å². The van der Waals surface area contributed by atoms with Gasteiger partial charge in [0.15, 0.2) is 0 Å². The van der Waals surface area contributed by atoms with E-state index in [0.29, 0.717) is 5.56 Å². The second kappa shape index (κ2) is 5.99. The van der Waals surface area contributed by atoms with Crippen molar-refractivity contribution >= 4 is 15.9 Å². The lowest BCUT2D eigenvalue weighted by atomic mass is 9.86. The van der Waals surface area contributed by atoms with Gasteiger partial charge in [-0.2, -0.15) is 0 Å². The lowest BCUT2D eigenvalue weighted by Gasteiger charge is -2.29. The molecule has 0 saturated heterocycles. The van der Waals surface area contributed by atoms with E-state index in [-0.39, 0.29) is 11.1 Å². The monoisotopic (exact) mass is 342 g/mol. The number of benzene rings is 2. The summed E-state index contributed by atoms with van der Waals surface area (Å²) in [5, 5.41) is 10.8. The van der Waals surface area contributed by atoms with Crippen LogP contribution in [0.25, 0.3) is 0 Å². The Bertz CT molecular complexity index is 604. The quantitative estimate of drug-likeness (QED) is 0.860. The fourth-order valence-electron chi connectivity index (χ4n) is 2.13. The standard InChI is InChI=1S/C15H13BrF2O2/c1-20-9-15(19,10-5-3-2-4-6-10)13-12(17)8-7-11(16)14(13)18/h2-8,19H,9H2,1H3. The van der Waals surface area contributed by atoms with Gasteiger partial charge in [0.05, 0.1) is 16.6 Å². The van der Waals surface area contributed by atoms with Crippen LogP contribution in [0.15, 0.2) is 46.9 Å². The molecule has 0 fully saturated rings. The molecule has 2 nitrogen and oxygen atoms in total. The molecule has 0 spiro atoms. The van der Waals surface area contributed by atoms with Crippen molar-refractivity contribution in [3.63, 3.8) is 0 Å². The Morgan fingerprint density at radius 2 is 1.80 bits per heavy atom. The van der Waals surface area contributed by atoms with Crippen molar-refractivity contribution in [2.75, 3.05) is 13.7 Å². The third-order valence-corrected chi connectivity index (χ3v) is 3.67. The van der Waals surface area contributed by atoms with Crippen molar-refractivity contribution in [1.82, 2.24) is 0 Å². The van der Waals surface area contributed by atoms with Crippen LogP contribution in [-0.4, -0.2) is 18.8 Å². The van der Waals surface area contributed by atoms with Crippen molar-refractivity contribution in [2.24, 2.45) is 0 Å². The maximum absolute atomic E-state index is 14.3. The molecular weight excluding hydrogens is 330 g/mol. The molecule has 0 radical (unpaired) electrons. The number of halogens is 3. The van der Waals surface area contributed by atoms with Crippen molar-refractivity contribution in [2.45, 2.75) is 5.60 Å². The summed E-state index contributed by atoms with van der Waals surface area (Å²) in [5.41, 5.74) is -1.97. The Morgan fingerprint density at radius 1 is 1.15 bits per heavy atom. The van der Waals surface area contributed by atoms with Crippen LogP contribution in [0.2, 0.25) is 0 Å². The lowest BCUT2D eigenvalue weighted by molar-refractivity contribution is -0.00835. The van der Waals surface area contributed by atoms with E-state index in [0.717, 1.165) is 6.07 Å². The van der Waals surface area contributed by atoms with Crippen molar-refractivity contribution < 1.29 is 18.6 Å². The van der Waals surface area contributed by atoms with Crippen LogP contribution in [0.3, 0.4) is 0 Å². The molecule has 0 bridgehead atoms. The molecule has 0 aliphatic heterocycles. The van der Waals surface area contributed by atoms with E-state index in [2.05, 4.69) is 15.9 Å². The summed E-state index contributed by atoms with van der Waals surface area (Å²) in [6.07, 6.45) is 0. The molecule has 1 unspecified atom stereocenters. The zero-order chi connectivity index (χ0) is 14.8. The van der Waals surface area contributed by atoms with E-state index in [1.807, 2.05) is 0 Å². The minimum absolute atomic E-state index is 0.0827. The zero-order valence-electron chi connectivity index (χ0n) is 10.7. The first-order chi connectivity index (χ1) is 9.50. The molecule has 0 aliphatic rings. The minimum Gasteiger partial charge on any atom is -0.381 e. The third kappa shape index (κ3) is 2.61. The molecule has 0 aliphatic carbocycles. The second-order valence-electron chi connectivity index (χ2n) is 4.38. The number of aliphatic hydroxyl groups is 1. The molecular formula is C15H13BrF2O2. The van der Waals surface area contributed by atoms with E-state index < -0.39 is 22.8 Å². The maximum atomic E-state index is 14.3. The van der Waals surface area contributed by atoms with E-state index in [4.69, 9.17) is 4.74 Å². The summed E-state index contributed by atoms with van der Waals surface area (Å²) in [7, 11) is 1.36. The average molecular weight is 343 g/mol. The number of methoxy groups -OCH3 is 1. The highest BCUT2D eigenvalue weighted by Crippen LogP contribution is 2.36. The van der Waals surface area contributed by atoms with Gasteiger partial charge in [-0.05, 0) is 33.6 Å². The van der Waals surface area contributed by atoms with Crippen LogP contribution in [0, 0.1) is 11.6 Å². The van der Waals surface area contributed by atoms with Crippen LogP contribution < -0.4 is 0 Å². The molecule has 2 aromatic carbocycles. The van der Waals surface area contributed by atoms with Crippen LogP contribution >= 0.6 is 15.9 Å². The normalized spacial score (nSPS) is 14.1. The molecule has 0 saturated carbocycles. The average Bonchev–Trinajstić information content (AvgIpc) is 2.44. The van der Waals surface area contributed by atoms with Crippen molar-refractivity contribution in [3.8, 4) is 0 Å². The van der Waals surface area contributed by atoms with E-state index in [1.165, 1.54) is 13.2 Å². The Balaban J connectivity index is 2.69. The highest BCUT2D eigenvalue weighted by atomic mass is 79.9. The van der Waals surface area contributed by atoms with Crippen LogP contribution in [-0.2, 0) is 10.3 Å². The molecule has 5 heteroatoms. The first-order valence-corrected chi connectivity index (χ1v) is 6.71. The van der Waals surface area contributed by atoms with Gasteiger partial charge in [0, 0.05) is 7.11 Å². The van der Waals surface area contributed by atoms with Gasteiger partial charge < -0.3 is 9.84 Å². The Hall–Kier alpha value is -1.30. The Labute approximate surface area is 124 Å². The molecule has 0 aromatic heterocycles. The summed E-state index contributed by atoms with van der Waals surface area (Å²) < 4.78 is 33.4. The van der Waals surface area contributed by atoms with Gasteiger partial charge in [-0.15, -0.1) is 0 Å². The fraction of sp³-hybridized carbons (Fsp3) is 0.200. The highest BCUT2D eigenvalue weighted by molar-refractivity contribution is 9.10. The molecule has 1 atom stereocenters. The molecule has 2 rings (SSSR count). The van der Waals surface area contributed by atoms with Gasteiger partial charge in [-0.3, -0.25) is 0 Å². The summed E-state index contributed by atoms with van der Waals surface area (Å²) in [6, 6.07) is 10.7. The predicted octanol–water partition coefficient (Wildman–Crippen LogP) is 3.61. The molecule has 106 valence electrons. The first-order valence-electron chi connectivity index (χ1n) is 5.91. The number of ether oxygens (including phenoxy) is 1. The van der Waals surface area contributed by atoms with Gasteiger partial charge in [0.1, 0.15) is 17.2 Å². The largest absolute Gasteiger partial charge is 0.381 e. The molecule has 0 heterocycles. The van der Waals surface area contributed by atoms with Gasteiger partial charge in [-0.25, -0.2) is 8.78 Å². The molecule has 1 N–H and O–H groups in total. The smallest absolute Gasteiger partial charge is 0.146 e. The van der Waals surface area contributed by atoms with Crippen molar-refractivity contribution in [3.05, 3.63) is 69.7 Å². The summed E-state index contributed by atoms with van der Waals surface area (Å²) in [6.45, 7) is -0.263. The lowest BCUT2D eigenvalue weighted by Crippen LogP contribution is -2.35. The van der Waals surface area contributed by atoms with Gasteiger partial charge in [-0.1, -0.05) is 30.3 Å². The van der Waals surface area contributed by atoms with E-state index >= 15 is 0 Å². The van der Waals surface area contributed by atoms with Crippen molar-refractivity contribution in [1.29, 1.82) is 0 Å². The summed E-state index contributed by atoms with van der Waals surface area (Å²) >= 11 is 3.00. The number of hydrogen-bond acceptors (Lipinski definition) is 2. The van der Waals surface area contributed by atoms with Gasteiger partial charge >= 0.3 is 0 Å². The summed E-state index contributed by atoms with van der Waals surface area (Å²) in [5.74, 6) is -1.66. The van der Waals surface area contributed by atoms with Crippen LogP contribution in [0.1, 0.15) is 11.1 Å². The molecule has 20 heavy (non-hydrogen) atoms. The second-order valence-corrected chi connectivity index (χ2v) is 5.23. The molecule has 0 amide bonds. The van der Waals surface area contributed by atoms with Gasteiger partial charge in [0.25, 0.3) is 0 Å². The number of rotatable bonds is 4. The zero-order valence-corrected chi connectivity index (χ0v) is 12.3. The first kappa shape index (κ1) is 15.1. The van der Waals surface area contributed by atoms with Gasteiger partial charge in [0.2, 0.25) is 0 Å². The van der Waals surface area contributed by atoms with E-state index in [9.17, 15) is 13.9 Å². The summed E-state index contributed by atoms with van der Waals surface area (Å²) in [4.78, 5) is 0. The minimum atomic E-state index is -1.89. The Kier molecular flexibility index (Phi) is 4.52. The third-order valence-electron chi connectivity index (χ3n) is 3.06. The van der Waals surface area contributed by atoms with Crippen LogP contribution in [0.5, 0.6) is 0 Å². The highest BCUT2D eigenvalue weighted by Gasteiger charge is 2.37. The fourth-order valence-corrected chi connectivity index (χ4v) is 2.46.